The Balaban J connectivity index is 0.000000169. The summed E-state index contributed by atoms with van der Waals surface area (Å²) in [6.45, 7) is 20.0. The molecule has 4 N–H and O–H groups in total. The highest BCUT2D eigenvalue weighted by Crippen LogP contribution is 2.42. The summed E-state index contributed by atoms with van der Waals surface area (Å²) in [6, 6.07) is 81.2. The number of hydrogen-bond acceptors (Lipinski definition) is 16. The molecule has 20 heteroatoms. The van der Waals surface area contributed by atoms with Crippen molar-refractivity contribution in [2.75, 3.05) is 119 Å². The van der Waals surface area contributed by atoms with Crippen LogP contribution in [0.3, 0.4) is 0 Å². The van der Waals surface area contributed by atoms with Crippen LogP contribution in [0.1, 0.15) is 153 Å². The molecular weight excluding hydrogens is 1490 g/mol. The quantitative estimate of drug-likeness (QED) is 0.0244. The molecule has 3 aliphatic heterocycles. The van der Waals surface area contributed by atoms with Crippen LogP contribution in [0.25, 0.3) is 33.4 Å². The van der Waals surface area contributed by atoms with Crippen molar-refractivity contribution in [3.63, 3.8) is 0 Å². The van der Waals surface area contributed by atoms with Crippen LogP contribution < -0.4 is 22.9 Å². The first-order valence-corrected chi connectivity index (χ1v) is 45.7. The molecule has 3 saturated heterocycles. The Kier molecular flexibility index (Phi) is 30.7. The van der Waals surface area contributed by atoms with Gasteiger partial charge in [0.05, 0.1) is 18.8 Å². The van der Waals surface area contributed by atoms with E-state index in [2.05, 4.69) is 166 Å². The third-order valence-electron chi connectivity index (χ3n) is 21.7. The molecule has 0 radical (unpaired) electrons. The van der Waals surface area contributed by atoms with Gasteiger partial charge in [-0.1, -0.05) is 176 Å². The number of anilines is 3. The first-order chi connectivity index (χ1) is 54.9. The van der Waals surface area contributed by atoms with Gasteiger partial charge in [-0.3, -0.25) is 14.5 Å². The van der Waals surface area contributed by atoms with Gasteiger partial charge >= 0.3 is 20.2 Å². The van der Waals surface area contributed by atoms with Gasteiger partial charge in [0.1, 0.15) is 11.5 Å². The van der Waals surface area contributed by atoms with E-state index in [0.29, 0.717) is 55.8 Å². The van der Waals surface area contributed by atoms with Crippen LogP contribution in [0.5, 0.6) is 11.5 Å². The second-order valence-electron chi connectivity index (χ2n) is 30.7. The van der Waals surface area contributed by atoms with E-state index in [9.17, 15) is 40.6 Å². The standard InChI is InChI=1S/C32H38N2O3S.2C31H38N2O4S/c1-38(36,37)33-29-15-13-28(14-16-29)32(31(8-5-23-35)26-6-3-2-4-7-26)27-11-9-24(10-12-27)25-19-21-34(22-20-25)30-17-18-30;2*1-24(2)32-19-21-33(22-20-32)28-15-11-26(12-16-28)31(27-13-17-29(18-14-27)37-38(3,35)36)30(10-7-23-34)25-8-5-4-6-9-25/h2-4,6-7,9-16,25,30,33,35H,5,8,17-23H2,1H3;2*4-6,8-9,11-18,24,34H,7,10,19-23H2,1-3H3/b32-31+;2*31-30+. The Hall–Kier alpha value is -9.19. The third kappa shape index (κ3) is 24.9. The highest BCUT2D eigenvalue weighted by molar-refractivity contribution is 7.92. The molecule has 3 heterocycles. The van der Waals surface area contributed by atoms with Crippen LogP contribution in [0, 0.1) is 0 Å². The maximum absolute atomic E-state index is 11.7. The Morgan fingerprint density at radius 2 is 0.667 bits per heavy atom. The molecule has 1 saturated carbocycles. The highest BCUT2D eigenvalue weighted by atomic mass is 32.2. The molecule has 4 fully saturated rings. The largest absolute Gasteiger partial charge is 0.396 e. The van der Waals surface area contributed by atoms with Crippen molar-refractivity contribution >= 4 is 80.8 Å². The summed E-state index contributed by atoms with van der Waals surface area (Å²) in [5.74, 6) is 1.17. The summed E-state index contributed by atoms with van der Waals surface area (Å²) >= 11 is 0. The van der Waals surface area contributed by atoms with Gasteiger partial charge in [0.2, 0.25) is 10.0 Å². The molecule has 1 aliphatic carbocycles. The van der Waals surface area contributed by atoms with Crippen LogP contribution in [-0.4, -0.2) is 177 Å². The summed E-state index contributed by atoms with van der Waals surface area (Å²) in [7, 11) is -10.6. The lowest BCUT2D eigenvalue weighted by Crippen LogP contribution is -2.48. The number of hydrogen-bond donors (Lipinski definition) is 4. The molecule has 0 atom stereocenters. The number of allylic oxidation sites excluding steroid dienone is 3. The molecule has 0 spiro atoms. The predicted octanol–water partition coefficient (Wildman–Crippen LogP) is 16.7. The van der Waals surface area contributed by atoms with Gasteiger partial charge in [0, 0.05) is 107 Å². The van der Waals surface area contributed by atoms with Crippen LogP contribution in [0.4, 0.5) is 17.1 Å². The zero-order valence-corrected chi connectivity index (χ0v) is 69.6. The van der Waals surface area contributed by atoms with Gasteiger partial charge < -0.3 is 38.4 Å². The number of likely N-dealkylation sites (tertiary alicyclic amines) is 1. The van der Waals surface area contributed by atoms with Crippen LogP contribution in [0.15, 0.2) is 237 Å². The molecule has 0 bridgehead atoms. The average Bonchev–Trinajstić information content (AvgIpc) is 1.38. The Labute approximate surface area is 678 Å². The maximum Gasteiger partial charge on any atom is 0.306 e. The lowest BCUT2D eigenvalue weighted by atomic mass is 9.85. The predicted molar refractivity (Wildman–Crippen MR) is 469 cm³/mol. The summed E-state index contributed by atoms with van der Waals surface area (Å²) in [4.78, 5) is 12.6. The van der Waals surface area contributed by atoms with Crippen molar-refractivity contribution < 1.29 is 48.9 Å². The van der Waals surface area contributed by atoms with E-state index in [0.717, 1.165) is 162 Å². The summed E-state index contributed by atoms with van der Waals surface area (Å²) in [6.07, 6.45) is 12.5. The Bertz CT molecular complexity index is 4470. The van der Waals surface area contributed by atoms with Gasteiger partial charge in [-0.25, -0.2) is 8.42 Å². The van der Waals surface area contributed by atoms with Crippen molar-refractivity contribution in [1.29, 1.82) is 0 Å². The van der Waals surface area contributed by atoms with E-state index < -0.39 is 30.3 Å². The van der Waals surface area contributed by atoms with Gasteiger partial charge in [-0.05, 0) is 261 Å². The van der Waals surface area contributed by atoms with E-state index in [1.807, 2.05) is 103 Å². The van der Waals surface area contributed by atoms with E-state index in [4.69, 9.17) is 8.37 Å². The lowest BCUT2D eigenvalue weighted by Gasteiger charge is -2.38. The summed E-state index contributed by atoms with van der Waals surface area (Å²) in [5, 5.41) is 29.0. The zero-order chi connectivity index (χ0) is 80.8. The van der Waals surface area contributed by atoms with Crippen molar-refractivity contribution in [2.45, 2.75) is 116 Å². The summed E-state index contributed by atoms with van der Waals surface area (Å²) < 4.78 is 82.6. The monoisotopic (exact) mass is 1600 g/mol. The SMILES string of the molecule is CC(C)N1CCN(c2ccc(/C(=C(/CCCO)c3ccccc3)c3ccc(OS(C)(=O)=O)cc3)cc2)CC1.CC(C)N1CCN(c2ccc(/C(=C(/CCCO)c3ccccc3)c3ccc(OS(C)(=O)=O)cc3)cc2)CC1.CS(=O)(=O)Nc1ccc(/C(=C(\CCCO)c2ccccc2)c2ccc(C3CCN(C4CC4)CC3)cc2)cc1. The Morgan fingerprint density at radius 1 is 0.368 bits per heavy atom. The average molecular weight is 1600 g/mol. The van der Waals surface area contributed by atoms with Crippen molar-refractivity contribution in [3.8, 4) is 11.5 Å². The minimum Gasteiger partial charge on any atom is -0.396 e. The number of benzene rings is 9. The number of nitrogens with zero attached hydrogens (tertiary/aromatic N) is 5. The number of aliphatic hydroxyl groups is 3. The Morgan fingerprint density at radius 3 is 0.947 bits per heavy atom. The van der Waals surface area contributed by atoms with Gasteiger partial charge in [0.15, 0.2) is 0 Å². The molecule has 13 rings (SSSR count). The minimum absolute atomic E-state index is 0.103. The second-order valence-corrected chi connectivity index (χ2v) is 35.6. The third-order valence-corrected chi connectivity index (χ3v) is 23.3. The highest BCUT2D eigenvalue weighted by Gasteiger charge is 2.33. The molecule has 0 unspecified atom stereocenters. The molecule has 114 heavy (non-hydrogen) atoms. The number of sulfonamides is 1. The number of piperidine rings is 1. The fraction of sp³-hybridized carbons (Fsp3) is 0.362. The molecule has 17 nitrogen and oxygen atoms in total. The van der Waals surface area contributed by atoms with Crippen molar-refractivity contribution in [3.05, 3.63) is 292 Å². The fourth-order valence-electron chi connectivity index (χ4n) is 15.7. The van der Waals surface area contributed by atoms with Gasteiger partial charge in [0.25, 0.3) is 0 Å². The van der Waals surface area contributed by atoms with Crippen LogP contribution in [-0.2, 0) is 30.3 Å². The number of piperazine rings is 2. The minimum atomic E-state index is -3.61. The van der Waals surface area contributed by atoms with E-state index >= 15 is 0 Å². The first kappa shape index (κ1) is 85.7. The first-order valence-electron chi connectivity index (χ1n) is 40.2. The smallest absolute Gasteiger partial charge is 0.306 e. The van der Waals surface area contributed by atoms with E-state index in [-0.39, 0.29) is 31.3 Å². The molecule has 4 aliphatic rings. The second kappa shape index (κ2) is 40.9. The van der Waals surface area contributed by atoms with Crippen molar-refractivity contribution in [1.82, 2.24) is 14.7 Å². The van der Waals surface area contributed by atoms with Crippen LogP contribution in [0.2, 0.25) is 0 Å². The zero-order valence-electron chi connectivity index (χ0n) is 67.2. The van der Waals surface area contributed by atoms with E-state index in [1.165, 1.54) is 61.3 Å². The summed E-state index contributed by atoms with van der Waals surface area (Å²) in [5.41, 5.74) is 20.6. The fourth-order valence-corrected chi connectivity index (χ4v) is 17.2. The maximum atomic E-state index is 11.7. The normalized spacial score (nSPS) is 16.2. The number of nitrogens with one attached hydrogen (secondary N) is 1. The topological polar surface area (TPSA) is 210 Å². The lowest BCUT2D eigenvalue weighted by molar-refractivity contribution is 0.203. The molecule has 0 aromatic heterocycles. The molecule has 604 valence electrons. The number of rotatable bonds is 30. The van der Waals surface area contributed by atoms with Crippen LogP contribution >= 0.6 is 0 Å². The molecule has 9 aromatic rings. The number of aliphatic hydroxyl groups excluding tert-OH is 3. The molecule has 0 amide bonds. The van der Waals surface area contributed by atoms with Gasteiger partial charge in [-0.2, -0.15) is 16.8 Å². The van der Waals surface area contributed by atoms with Crippen molar-refractivity contribution in [2.24, 2.45) is 0 Å². The molecule has 9 aromatic carbocycles. The van der Waals surface area contributed by atoms with E-state index in [1.54, 1.807) is 24.3 Å². The molecular formula is C94H114N6O11S3. The van der Waals surface area contributed by atoms with Gasteiger partial charge in [-0.15, -0.1) is 0 Å².